The Bertz CT molecular complexity index is 765. The van der Waals surface area contributed by atoms with E-state index in [-0.39, 0.29) is 5.91 Å². The molecule has 0 spiro atoms. The van der Waals surface area contributed by atoms with E-state index in [1.165, 1.54) is 6.07 Å². The molecule has 3 aromatic rings. The quantitative estimate of drug-likeness (QED) is 0.747. The first kappa shape index (κ1) is 13.0. The van der Waals surface area contributed by atoms with Gasteiger partial charge in [0, 0.05) is 0 Å². The first-order chi connectivity index (χ1) is 9.63. The summed E-state index contributed by atoms with van der Waals surface area (Å²) in [6.07, 6.45) is 0. The third-order valence-electron chi connectivity index (χ3n) is 2.87. The molecule has 3 N–H and O–H groups in total. The van der Waals surface area contributed by atoms with Crippen molar-refractivity contribution in [1.29, 1.82) is 0 Å². The van der Waals surface area contributed by atoms with Crippen LogP contribution < -0.4 is 10.3 Å². The van der Waals surface area contributed by atoms with Crippen molar-refractivity contribution in [2.75, 3.05) is 5.32 Å². The smallest absolute Gasteiger partial charge is 0.250 e. The molecule has 6 heteroatoms. The molecule has 100 valence electrons. The number of halogens is 2. The Morgan fingerprint density at radius 1 is 1.10 bits per heavy atom. The van der Waals surface area contributed by atoms with Crippen LogP contribution in [-0.2, 0) is 0 Å². The Hall–Kier alpha value is -2.04. The first-order valence-corrected chi connectivity index (χ1v) is 6.65. The number of aromatic nitrogens is 2. The zero-order valence-corrected chi connectivity index (χ0v) is 11.7. The fourth-order valence-electron chi connectivity index (χ4n) is 1.89. The number of hydrogen-bond donors (Lipinski definition) is 2. The molecule has 0 aliphatic carbocycles. The average Bonchev–Trinajstić information content (AvgIpc) is 2.83. The molecule has 0 saturated carbocycles. The number of carbonyl (C=O) groups is 1. The first-order valence-electron chi connectivity index (χ1n) is 5.90. The van der Waals surface area contributed by atoms with Gasteiger partial charge in [-0.05, 0) is 30.3 Å². The Labute approximate surface area is 124 Å². The van der Waals surface area contributed by atoms with Crippen molar-refractivity contribution in [2.24, 2.45) is 0 Å². The van der Waals surface area contributed by atoms with Gasteiger partial charge >= 0.3 is 11.9 Å². The summed E-state index contributed by atoms with van der Waals surface area (Å²) >= 11 is 11.7. The molecule has 1 heterocycles. The normalized spacial score (nSPS) is 10.7. The highest BCUT2D eigenvalue weighted by Gasteiger charge is 2.15. The maximum Gasteiger partial charge on any atom is 0.361 e. The van der Waals surface area contributed by atoms with Crippen LogP contribution in [0.2, 0.25) is 10.0 Å². The second kappa shape index (κ2) is 5.15. The van der Waals surface area contributed by atoms with Gasteiger partial charge in [-0.1, -0.05) is 35.3 Å². The lowest BCUT2D eigenvalue weighted by Gasteiger charge is -1.99. The standard InChI is InChI=1S/C14H9Cl2N3O/c15-9-6-5-8(7-10(9)16)13(20)19-14-17-11-3-1-2-4-12(11)18-14/h1-7H,(H2,17,18,19,20)/p+1. The fourth-order valence-corrected chi connectivity index (χ4v) is 2.19. The summed E-state index contributed by atoms with van der Waals surface area (Å²) in [5.41, 5.74) is 2.26. The third-order valence-corrected chi connectivity index (χ3v) is 3.61. The second-order valence-electron chi connectivity index (χ2n) is 4.25. The lowest BCUT2D eigenvalue weighted by atomic mass is 10.2. The zero-order valence-electron chi connectivity index (χ0n) is 10.2. The van der Waals surface area contributed by atoms with Gasteiger partial charge in [0.15, 0.2) is 0 Å². The van der Waals surface area contributed by atoms with Gasteiger partial charge < -0.3 is 0 Å². The van der Waals surface area contributed by atoms with Crippen LogP contribution in [-0.4, -0.2) is 10.9 Å². The highest BCUT2D eigenvalue weighted by atomic mass is 35.5. The number of anilines is 1. The molecule has 1 aromatic heterocycles. The fraction of sp³-hybridized carbons (Fsp3) is 0. The number of H-pyrrole nitrogens is 2. The van der Waals surface area contributed by atoms with Crippen LogP contribution in [0.3, 0.4) is 0 Å². The summed E-state index contributed by atoms with van der Waals surface area (Å²) in [6.45, 7) is 0. The van der Waals surface area contributed by atoms with Crippen LogP contribution in [0.4, 0.5) is 5.95 Å². The minimum atomic E-state index is -0.272. The Balaban J connectivity index is 1.86. The molecule has 0 aliphatic rings. The predicted octanol–water partition coefficient (Wildman–Crippen LogP) is 3.54. The zero-order chi connectivity index (χ0) is 14.1. The molecular formula is C14H10Cl2N3O+. The Morgan fingerprint density at radius 2 is 1.90 bits per heavy atom. The van der Waals surface area contributed by atoms with Crippen LogP contribution in [0.15, 0.2) is 42.5 Å². The van der Waals surface area contributed by atoms with E-state index in [0.29, 0.717) is 21.6 Å². The summed E-state index contributed by atoms with van der Waals surface area (Å²) in [6, 6.07) is 12.4. The number of benzene rings is 2. The highest BCUT2D eigenvalue weighted by Crippen LogP contribution is 2.22. The largest absolute Gasteiger partial charge is 0.361 e. The highest BCUT2D eigenvalue weighted by molar-refractivity contribution is 6.42. The van der Waals surface area contributed by atoms with Crippen molar-refractivity contribution in [2.45, 2.75) is 0 Å². The molecule has 0 bridgehead atoms. The number of hydrogen-bond acceptors (Lipinski definition) is 1. The average molecular weight is 307 g/mol. The van der Waals surface area contributed by atoms with Crippen LogP contribution in [0, 0.1) is 0 Å². The third kappa shape index (κ3) is 2.48. The number of nitrogens with one attached hydrogen (secondary N) is 3. The summed E-state index contributed by atoms with van der Waals surface area (Å²) in [4.78, 5) is 18.3. The number of amides is 1. The van der Waals surface area contributed by atoms with E-state index in [9.17, 15) is 4.79 Å². The lowest BCUT2D eigenvalue weighted by molar-refractivity contribution is -0.326. The summed E-state index contributed by atoms with van der Waals surface area (Å²) in [5.74, 6) is 0.244. The Morgan fingerprint density at radius 3 is 2.65 bits per heavy atom. The molecule has 0 aliphatic heterocycles. The van der Waals surface area contributed by atoms with Gasteiger partial charge in [-0.25, -0.2) is 15.3 Å². The van der Waals surface area contributed by atoms with Gasteiger partial charge in [0.25, 0.3) is 0 Å². The van der Waals surface area contributed by atoms with Gasteiger partial charge in [0.1, 0.15) is 11.0 Å². The molecular weight excluding hydrogens is 297 g/mol. The monoisotopic (exact) mass is 306 g/mol. The van der Waals surface area contributed by atoms with Crippen molar-refractivity contribution in [3.63, 3.8) is 0 Å². The van der Waals surface area contributed by atoms with E-state index in [1.807, 2.05) is 24.3 Å². The molecule has 3 rings (SSSR count). The maximum absolute atomic E-state index is 12.1. The number of aromatic amines is 2. The van der Waals surface area contributed by atoms with E-state index in [4.69, 9.17) is 23.2 Å². The van der Waals surface area contributed by atoms with E-state index in [1.54, 1.807) is 12.1 Å². The minimum absolute atomic E-state index is 0.272. The molecule has 0 radical (unpaired) electrons. The molecule has 0 saturated heterocycles. The minimum Gasteiger partial charge on any atom is -0.250 e. The van der Waals surface area contributed by atoms with Crippen LogP contribution in [0.1, 0.15) is 10.4 Å². The molecule has 0 unspecified atom stereocenters. The van der Waals surface area contributed by atoms with Gasteiger partial charge in [-0.15, -0.1) is 0 Å². The second-order valence-corrected chi connectivity index (χ2v) is 5.07. The van der Waals surface area contributed by atoms with Crippen LogP contribution in [0.25, 0.3) is 11.0 Å². The molecule has 20 heavy (non-hydrogen) atoms. The number of fused-ring (bicyclic) bond motifs is 1. The molecule has 2 aromatic carbocycles. The number of carbonyl (C=O) groups excluding carboxylic acids is 1. The van der Waals surface area contributed by atoms with Crippen molar-refractivity contribution in [3.8, 4) is 0 Å². The van der Waals surface area contributed by atoms with E-state index < -0.39 is 0 Å². The van der Waals surface area contributed by atoms with Gasteiger partial charge in [-0.2, -0.15) is 0 Å². The van der Waals surface area contributed by atoms with Crippen molar-refractivity contribution >= 4 is 46.1 Å². The van der Waals surface area contributed by atoms with Crippen molar-refractivity contribution in [1.82, 2.24) is 4.98 Å². The molecule has 4 nitrogen and oxygen atoms in total. The van der Waals surface area contributed by atoms with E-state index in [0.717, 1.165) is 11.0 Å². The lowest BCUT2D eigenvalue weighted by Crippen LogP contribution is -2.18. The summed E-state index contributed by atoms with van der Waals surface area (Å²) in [7, 11) is 0. The Kier molecular flexibility index (Phi) is 3.34. The maximum atomic E-state index is 12.1. The van der Waals surface area contributed by atoms with Gasteiger partial charge in [-0.3, -0.25) is 4.79 Å². The number of imidazole rings is 1. The number of para-hydroxylation sites is 2. The summed E-state index contributed by atoms with van der Waals surface area (Å²) in [5, 5.41) is 3.51. The molecule has 0 fully saturated rings. The van der Waals surface area contributed by atoms with Gasteiger partial charge in [0.2, 0.25) is 0 Å². The van der Waals surface area contributed by atoms with Crippen LogP contribution >= 0.6 is 23.2 Å². The molecule has 0 atom stereocenters. The van der Waals surface area contributed by atoms with E-state index in [2.05, 4.69) is 15.3 Å². The predicted molar refractivity (Wildman–Crippen MR) is 79.3 cm³/mol. The SMILES string of the molecule is O=C(Nc1[nH]c2ccccc2[nH+]1)c1ccc(Cl)c(Cl)c1. The van der Waals surface area contributed by atoms with Crippen LogP contribution in [0.5, 0.6) is 0 Å². The summed E-state index contributed by atoms with van der Waals surface area (Å²) < 4.78 is 0. The van der Waals surface area contributed by atoms with E-state index >= 15 is 0 Å². The number of rotatable bonds is 2. The topological polar surface area (TPSA) is 59.0 Å². The van der Waals surface area contributed by atoms with Gasteiger partial charge in [0.05, 0.1) is 15.6 Å². The van der Waals surface area contributed by atoms with Crippen molar-refractivity contribution in [3.05, 3.63) is 58.1 Å². The van der Waals surface area contributed by atoms with Crippen molar-refractivity contribution < 1.29 is 9.78 Å². The molecule has 1 amide bonds.